The molecule has 0 amide bonds. The highest BCUT2D eigenvalue weighted by molar-refractivity contribution is 6.01. The van der Waals surface area contributed by atoms with Crippen molar-refractivity contribution >= 4 is 34.0 Å². The van der Waals surface area contributed by atoms with Crippen LogP contribution in [0.25, 0.3) is 34.0 Å². The number of fused-ring (bicyclic) bond motifs is 2. The molecule has 4 rings (SSSR count). The van der Waals surface area contributed by atoms with Crippen LogP contribution in [0.15, 0.2) is 72.8 Å². The Morgan fingerprint density at radius 1 is 0.750 bits per heavy atom. The zero-order valence-electron chi connectivity index (χ0n) is 16.5. The molecular formula is C26H26IN. The summed E-state index contributed by atoms with van der Waals surface area (Å²) in [6, 6.07) is 26.3. The number of para-hydroxylation sites is 2. The number of hydrogen-bond acceptors (Lipinski definition) is 0. The van der Waals surface area contributed by atoms with Gasteiger partial charge < -0.3 is 24.0 Å². The summed E-state index contributed by atoms with van der Waals surface area (Å²) in [5, 5.41) is 2.57. The highest BCUT2D eigenvalue weighted by Gasteiger charge is 2.15. The van der Waals surface area contributed by atoms with E-state index in [0.29, 0.717) is 0 Å². The third-order valence-electron chi connectivity index (χ3n) is 5.35. The van der Waals surface area contributed by atoms with Crippen LogP contribution in [0.4, 0.5) is 0 Å². The summed E-state index contributed by atoms with van der Waals surface area (Å²) >= 11 is 0. The van der Waals surface area contributed by atoms with Gasteiger partial charge in [0.05, 0.1) is 10.8 Å². The number of hydrogen-bond donors (Lipinski definition) is 0. The fourth-order valence-corrected chi connectivity index (χ4v) is 3.80. The monoisotopic (exact) mass is 479 g/mol. The minimum atomic E-state index is 0. The van der Waals surface area contributed by atoms with E-state index in [0.717, 1.165) is 0 Å². The normalized spacial score (nSPS) is 11.2. The number of nitrogens with zero attached hydrogens (tertiary/aromatic N) is 1. The van der Waals surface area contributed by atoms with Crippen LogP contribution in [0.3, 0.4) is 0 Å². The molecule has 0 fully saturated rings. The van der Waals surface area contributed by atoms with Crippen LogP contribution in [0.1, 0.15) is 36.5 Å². The van der Waals surface area contributed by atoms with Gasteiger partial charge in [-0.2, -0.15) is 4.57 Å². The zero-order valence-corrected chi connectivity index (χ0v) is 18.7. The van der Waals surface area contributed by atoms with Crippen molar-refractivity contribution in [3.8, 4) is 0 Å². The van der Waals surface area contributed by atoms with E-state index in [1.54, 1.807) is 0 Å². The second-order valence-electron chi connectivity index (χ2n) is 7.19. The van der Waals surface area contributed by atoms with Crippen molar-refractivity contribution in [1.29, 1.82) is 0 Å². The largest absolute Gasteiger partial charge is 1.00 e. The van der Waals surface area contributed by atoms with Crippen LogP contribution in [-0.2, 0) is 13.5 Å². The summed E-state index contributed by atoms with van der Waals surface area (Å²) in [6.45, 7) is 2.24. The first-order valence-electron chi connectivity index (χ1n) is 9.84. The maximum atomic E-state index is 2.28. The first-order chi connectivity index (χ1) is 13.3. The molecule has 1 nitrogen and oxygen atoms in total. The Kier molecular flexibility index (Phi) is 6.84. The fourth-order valence-electron chi connectivity index (χ4n) is 3.80. The number of pyridine rings is 1. The summed E-state index contributed by atoms with van der Waals surface area (Å²) in [5.41, 5.74) is 6.47. The lowest BCUT2D eigenvalue weighted by molar-refractivity contribution is -0.617. The number of aromatic nitrogens is 1. The molecule has 0 spiro atoms. The molecule has 0 aliphatic rings. The van der Waals surface area contributed by atoms with Crippen molar-refractivity contribution in [2.45, 2.75) is 26.2 Å². The van der Waals surface area contributed by atoms with Gasteiger partial charge in [-0.15, -0.1) is 0 Å². The molecule has 0 N–H and O–H groups in total. The van der Waals surface area contributed by atoms with Gasteiger partial charge in [0.25, 0.3) is 0 Å². The molecule has 2 heteroatoms. The molecule has 0 aliphatic carbocycles. The van der Waals surface area contributed by atoms with Crippen LogP contribution in [0.5, 0.6) is 0 Å². The predicted molar refractivity (Wildman–Crippen MR) is 117 cm³/mol. The van der Waals surface area contributed by atoms with Gasteiger partial charge in [-0.05, 0) is 36.1 Å². The van der Waals surface area contributed by atoms with E-state index in [1.807, 2.05) is 0 Å². The molecular weight excluding hydrogens is 453 g/mol. The fraction of sp³-hybridized carbons (Fsp3) is 0.192. The Morgan fingerprint density at radius 3 is 1.89 bits per heavy atom. The number of halogens is 1. The minimum absolute atomic E-state index is 0. The number of aryl methyl sites for hydroxylation is 2. The SMILES string of the molecule is CCCCc1ccc(/C=C/c2c3ccccc3[n+](C)c3ccccc23)cc1.[I-]. The first-order valence-corrected chi connectivity index (χ1v) is 9.84. The molecule has 142 valence electrons. The third-order valence-corrected chi connectivity index (χ3v) is 5.35. The number of benzene rings is 3. The molecule has 0 saturated heterocycles. The molecule has 0 unspecified atom stereocenters. The lowest BCUT2D eigenvalue weighted by Gasteiger charge is -2.07. The van der Waals surface area contributed by atoms with Crippen molar-refractivity contribution in [2.24, 2.45) is 7.05 Å². The topological polar surface area (TPSA) is 3.88 Å². The maximum Gasteiger partial charge on any atom is 0.213 e. The molecule has 0 radical (unpaired) electrons. The van der Waals surface area contributed by atoms with Crippen molar-refractivity contribution in [3.63, 3.8) is 0 Å². The van der Waals surface area contributed by atoms with Crippen LogP contribution in [0, 0.1) is 0 Å². The predicted octanol–water partition coefficient (Wildman–Crippen LogP) is 3.33. The standard InChI is InChI=1S/C26H26N.HI/c1-3-4-9-20-14-16-21(17-15-20)18-19-22-23-10-5-7-12-25(23)27(2)26-13-8-6-11-24(22)26;/h5-8,10-19H,3-4,9H2,1-2H3;1H/q+1;/p-1/b19-18+;. The van der Waals surface area contributed by atoms with Gasteiger partial charge in [0.15, 0.2) is 0 Å². The van der Waals surface area contributed by atoms with E-state index in [-0.39, 0.29) is 24.0 Å². The van der Waals surface area contributed by atoms with Gasteiger partial charge in [-0.1, -0.05) is 74.0 Å². The van der Waals surface area contributed by atoms with Crippen molar-refractivity contribution in [1.82, 2.24) is 0 Å². The summed E-state index contributed by atoms with van der Waals surface area (Å²) in [4.78, 5) is 0. The van der Waals surface area contributed by atoms with Crippen LogP contribution >= 0.6 is 0 Å². The van der Waals surface area contributed by atoms with Gasteiger partial charge in [0, 0.05) is 17.7 Å². The average molecular weight is 479 g/mol. The lowest BCUT2D eigenvalue weighted by Crippen LogP contribution is -3.00. The van der Waals surface area contributed by atoms with Gasteiger partial charge in [0.1, 0.15) is 7.05 Å². The molecule has 4 aromatic rings. The van der Waals surface area contributed by atoms with Gasteiger partial charge in [-0.3, -0.25) is 0 Å². The molecule has 0 atom stereocenters. The summed E-state index contributed by atoms with van der Waals surface area (Å²) in [6.07, 6.45) is 8.18. The highest BCUT2D eigenvalue weighted by atomic mass is 127. The highest BCUT2D eigenvalue weighted by Crippen LogP contribution is 2.26. The van der Waals surface area contributed by atoms with Gasteiger partial charge >= 0.3 is 0 Å². The minimum Gasteiger partial charge on any atom is -1.00 e. The molecule has 28 heavy (non-hydrogen) atoms. The third kappa shape index (κ3) is 4.12. The lowest BCUT2D eigenvalue weighted by atomic mass is 10.0. The van der Waals surface area contributed by atoms with E-state index in [2.05, 4.69) is 103 Å². The average Bonchev–Trinajstić information content (AvgIpc) is 2.73. The Hall–Kier alpha value is -2.20. The van der Waals surface area contributed by atoms with E-state index in [9.17, 15) is 0 Å². The second kappa shape index (κ2) is 9.33. The summed E-state index contributed by atoms with van der Waals surface area (Å²) in [7, 11) is 2.15. The van der Waals surface area contributed by atoms with Gasteiger partial charge in [0.2, 0.25) is 11.0 Å². The first kappa shape index (κ1) is 20.5. The molecule has 0 bridgehead atoms. The smallest absolute Gasteiger partial charge is 0.213 e. The second-order valence-corrected chi connectivity index (χ2v) is 7.19. The molecule has 0 aliphatic heterocycles. The molecule has 1 heterocycles. The van der Waals surface area contributed by atoms with Crippen LogP contribution in [-0.4, -0.2) is 0 Å². The van der Waals surface area contributed by atoms with Crippen molar-refractivity contribution < 1.29 is 28.5 Å². The van der Waals surface area contributed by atoms with E-state index in [1.165, 1.54) is 57.8 Å². The summed E-state index contributed by atoms with van der Waals surface area (Å²) < 4.78 is 2.28. The Bertz CT molecular complexity index is 1050. The number of rotatable bonds is 5. The quantitative estimate of drug-likeness (QED) is 0.235. The Labute approximate surface area is 184 Å². The van der Waals surface area contributed by atoms with Crippen LogP contribution in [0.2, 0.25) is 0 Å². The van der Waals surface area contributed by atoms with E-state index < -0.39 is 0 Å². The molecule has 3 aromatic carbocycles. The number of unbranched alkanes of at least 4 members (excludes halogenated alkanes) is 1. The van der Waals surface area contributed by atoms with Crippen molar-refractivity contribution in [2.75, 3.05) is 0 Å². The molecule has 0 saturated carbocycles. The Balaban J connectivity index is 0.00000225. The Morgan fingerprint density at radius 2 is 1.32 bits per heavy atom. The van der Waals surface area contributed by atoms with Crippen molar-refractivity contribution in [3.05, 3.63) is 89.5 Å². The maximum absolute atomic E-state index is 2.28. The summed E-state index contributed by atoms with van der Waals surface area (Å²) in [5.74, 6) is 0. The van der Waals surface area contributed by atoms with Crippen LogP contribution < -0.4 is 28.5 Å². The van der Waals surface area contributed by atoms with E-state index >= 15 is 0 Å². The van der Waals surface area contributed by atoms with Gasteiger partial charge in [-0.25, -0.2) is 0 Å². The zero-order chi connectivity index (χ0) is 18.6. The molecule has 1 aromatic heterocycles. The van der Waals surface area contributed by atoms with E-state index in [4.69, 9.17) is 0 Å².